The van der Waals surface area contributed by atoms with Gasteiger partial charge in [0.1, 0.15) is 4.70 Å². The molecule has 3 aromatic rings. The van der Waals surface area contributed by atoms with Crippen LogP contribution < -0.4 is 5.56 Å². The predicted octanol–water partition coefficient (Wildman–Crippen LogP) is 3.32. The molecular formula is C17H16N2O3S2. The maximum atomic E-state index is 12.6. The van der Waals surface area contributed by atoms with Crippen molar-refractivity contribution in [2.24, 2.45) is 7.05 Å². The molecule has 0 saturated carbocycles. The highest BCUT2D eigenvalue weighted by Gasteiger charge is 2.14. The highest BCUT2D eigenvalue weighted by molar-refractivity contribution is 7.99. The van der Waals surface area contributed by atoms with Gasteiger partial charge >= 0.3 is 5.97 Å². The smallest absolute Gasteiger partial charge is 0.316 e. The zero-order valence-corrected chi connectivity index (χ0v) is 14.9. The van der Waals surface area contributed by atoms with Crippen molar-refractivity contribution >= 4 is 39.3 Å². The number of aromatic nitrogens is 2. The van der Waals surface area contributed by atoms with E-state index in [9.17, 15) is 9.59 Å². The third kappa shape index (κ3) is 3.37. The van der Waals surface area contributed by atoms with Crippen molar-refractivity contribution in [1.82, 2.24) is 9.55 Å². The fourth-order valence-electron chi connectivity index (χ4n) is 2.23. The van der Waals surface area contributed by atoms with E-state index in [4.69, 9.17) is 4.74 Å². The van der Waals surface area contributed by atoms with Crippen LogP contribution in [0.3, 0.4) is 0 Å². The van der Waals surface area contributed by atoms with Crippen LogP contribution in [0.1, 0.15) is 6.92 Å². The maximum Gasteiger partial charge on any atom is 0.316 e. The molecule has 0 saturated heterocycles. The zero-order chi connectivity index (χ0) is 17.1. The normalized spacial score (nSPS) is 10.9. The van der Waals surface area contributed by atoms with Crippen LogP contribution in [-0.4, -0.2) is 27.9 Å². The van der Waals surface area contributed by atoms with Gasteiger partial charge in [0.25, 0.3) is 5.56 Å². The van der Waals surface area contributed by atoms with Crippen LogP contribution in [-0.2, 0) is 16.6 Å². The Kier molecular flexibility index (Phi) is 5.01. The van der Waals surface area contributed by atoms with Gasteiger partial charge in [-0.25, -0.2) is 4.98 Å². The van der Waals surface area contributed by atoms with Gasteiger partial charge in [0, 0.05) is 11.9 Å². The number of thiophene rings is 1. The summed E-state index contributed by atoms with van der Waals surface area (Å²) < 4.78 is 7.02. The molecule has 0 aliphatic heterocycles. The molecule has 1 aromatic carbocycles. The lowest BCUT2D eigenvalue weighted by Gasteiger charge is -2.06. The molecule has 2 aromatic heterocycles. The lowest BCUT2D eigenvalue weighted by molar-refractivity contribution is -0.139. The highest BCUT2D eigenvalue weighted by atomic mass is 32.2. The summed E-state index contributed by atoms with van der Waals surface area (Å²) in [6.07, 6.45) is 0. The maximum absolute atomic E-state index is 12.6. The van der Waals surface area contributed by atoms with Gasteiger partial charge < -0.3 is 4.74 Å². The summed E-state index contributed by atoms with van der Waals surface area (Å²) >= 11 is 2.65. The molecule has 0 bridgehead atoms. The molecule has 3 rings (SSSR count). The van der Waals surface area contributed by atoms with E-state index in [1.807, 2.05) is 36.4 Å². The number of esters is 1. The molecule has 0 radical (unpaired) electrons. The Hall–Kier alpha value is -2.12. The number of benzene rings is 1. The fourth-order valence-corrected chi connectivity index (χ4v) is 4.08. The molecule has 5 nitrogen and oxygen atoms in total. The number of hydrogen-bond donors (Lipinski definition) is 0. The van der Waals surface area contributed by atoms with Crippen LogP contribution in [0.5, 0.6) is 0 Å². The average Bonchev–Trinajstić information content (AvgIpc) is 3.02. The van der Waals surface area contributed by atoms with E-state index < -0.39 is 0 Å². The van der Waals surface area contributed by atoms with Crippen molar-refractivity contribution in [2.45, 2.75) is 12.1 Å². The Balaban J connectivity index is 1.97. The van der Waals surface area contributed by atoms with Gasteiger partial charge in [-0.1, -0.05) is 42.1 Å². The van der Waals surface area contributed by atoms with Crippen molar-refractivity contribution in [2.75, 3.05) is 12.4 Å². The van der Waals surface area contributed by atoms with E-state index >= 15 is 0 Å². The second-order valence-electron chi connectivity index (χ2n) is 5.04. The van der Waals surface area contributed by atoms with Gasteiger partial charge in [-0.2, -0.15) is 0 Å². The molecule has 0 aliphatic rings. The molecule has 0 amide bonds. The summed E-state index contributed by atoms with van der Waals surface area (Å²) in [7, 11) is 1.67. The van der Waals surface area contributed by atoms with Gasteiger partial charge in [-0.3, -0.25) is 14.2 Å². The summed E-state index contributed by atoms with van der Waals surface area (Å²) in [5.74, 6) is -0.179. The Labute approximate surface area is 147 Å². The summed E-state index contributed by atoms with van der Waals surface area (Å²) in [6, 6.07) is 11.8. The standard InChI is InChI=1S/C17H16N2O3S2/c1-3-22-14(20)10-23-17-18-12-9-13(11-7-5-4-6-8-11)24-15(12)16(21)19(17)2/h4-9H,3,10H2,1-2H3. The summed E-state index contributed by atoms with van der Waals surface area (Å²) in [5.41, 5.74) is 1.62. The largest absolute Gasteiger partial charge is 0.465 e. The van der Waals surface area contributed by atoms with Crippen LogP contribution in [0.4, 0.5) is 0 Å². The van der Waals surface area contributed by atoms with Crippen LogP contribution in [0, 0.1) is 0 Å². The van der Waals surface area contributed by atoms with E-state index in [1.165, 1.54) is 27.7 Å². The SMILES string of the molecule is CCOC(=O)CSc1nc2cc(-c3ccccc3)sc2c(=O)n1C. The van der Waals surface area contributed by atoms with Gasteiger partial charge in [0.15, 0.2) is 5.16 Å². The molecule has 0 aliphatic carbocycles. The van der Waals surface area contributed by atoms with E-state index in [1.54, 1.807) is 14.0 Å². The molecule has 0 atom stereocenters. The molecular weight excluding hydrogens is 344 g/mol. The molecule has 0 fully saturated rings. The molecule has 7 heteroatoms. The lowest BCUT2D eigenvalue weighted by atomic mass is 10.2. The van der Waals surface area contributed by atoms with Crippen LogP contribution in [0.15, 0.2) is 46.3 Å². The predicted molar refractivity (Wildman–Crippen MR) is 97.7 cm³/mol. The minimum atomic E-state index is -0.313. The quantitative estimate of drug-likeness (QED) is 0.397. The topological polar surface area (TPSA) is 61.2 Å². The number of nitrogens with zero attached hydrogens (tertiary/aromatic N) is 2. The van der Waals surface area contributed by atoms with Crippen molar-refractivity contribution < 1.29 is 9.53 Å². The molecule has 24 heavy (non-hydrogen) atoms. The number of carbonyl (C=O) groups excluding carboxylic acids is 1. The minimum Gasteiger partial charge on any atom is -0.465 e. The average molecular weight is 360 g/mol. The second kappa shape index (κ2) is 7.19. The van der Waals surface area contributed by atoms with Crippen molar-refractivity contribution in [3.05, 3.63) is 46.8 Å². The fraction of sp³-hybridized carbons (Fsp3) is 0.235. The summed E-state index contributed by atoms with van der Waals surface area (Å²) in [5, 5.41) is 0.512. The Morgan fingerprint density at radius 1 is 1.33 bits per heavy atom. The molecule has 0 spiro atoms. The third-order valence-electron chi connectivity index (χ3n) is 3.40. The van der Waals surface area contributed by atoms with Gasteiger partial charge in [0.05, 0.1) is 17.9 Å². The van der Waals surface area contributed by atoms with Crippen LogP contribution >= 0.6 is 23.1 Å². The van der Waals surface area contributed by atoms with Gasteiger partial charge in [-0.05, 0) is 18.6 Å². The third-order valence-corrected chi connectivity index (χ3v) is 5.56. The number of fused-ring (bicyclic) bond motifs is 1. The van der Waals surface area contributed by atoms with E-state index in [2.05, 4.69) is 4.98 Å². The number of thioether (sulfide) groups is 1. The van der Waals surface area contributed by atoms with Crippen molar-refractivity contribution in [3.8, 4) is 10.4 Å². The van der Waals surface area contributed by atoms with E-state index in [0.29, 0.717) is 22.0 Å². The lowest BCUT2D eigenvalue weighted by Crippen LogP contribution is -2.19. The van der Waals surface area contributed by atoms with Crippen molar-refractivity contribution in [1.29, 1.82) is 0 Å². The second-order valence-corrected chi connectivity index (χ2v) is 7.04. The summed E-state index contributed by atoms with van der Waals surface area (Å²) in [4.78, 5) is 29.6. The number of rotatable bonds is 5. The number of carbonyl (C=O) groups is 1. The Morgan fingerprint density at radius 2 is 2.08 bits per heavy atom. The molecule has 124 valence electrons. The molecule has 0 N–H and O–H groups in total. The van der Waals surface area contributed by atoms with Crippen LogP contribution in [0.25, 0.3) is 20.7 Å². The van der Waals surface area contributed by atoms with Crippen molar-refractivity contribution in [3.63, 3.8) is 0 Å². The highest BCUT2D eigenvalue weighted by Crippen LogP contribution is 2.31. The van der Waals surface area contributed by atoms with E-state index in [0.717, 1.165) is 10.4 Å². The molecule has 0 unspecified atom stereocenters. The number of hydrogen-bond acceptors (Lipinski definition) is 6. The molecule has 2 heterocycles. The summed E-state index contributed by atoms with van der Waals surface area (Å²) in [6.45, 7) is 2.11. The number of ether oxygens (including phenoxy) is 1. The Morgan fingerprint density at radius 3 is 2.79 bits per heavy atom. The first-order chi connectivity index (χ1) is 11.6. The first kappa shape index (κ1) is 16.7. The minimum absolute atomic E-state index is 0.0986. The van der Waals surface area contributed by atoms with Gasteiger partial charge in [-0.15, -0.1) is 11.3 Å². The van der Waals surface area contributed by atoms with Crippen LogP contribution in [0.2, 0.25) is 0 Å². The Bertz CT molecular complexity index is 932. The van der Waals surface area contributed by atoms with Gasteiger partial charge in [0.2, 0.25) is 0 Å². The zero-order valence-electron chi connectivity index (χ0n) is 13.3. The first-order valence-electron chi connectivity index (χ1n) is 7.44. The van der Waals surface area contributed by atoms with E-state index in [-0.39, 0.29) is 17.3 Å². The monoisotopic (exact) mass is 360 g/mol. The first-order valence-corrected chi connectivity index (χ1v) is 9.24.